The van der Waals surface area contributed by atoms with Crippen LogP contribution in [-0.4, -0.2) is 48.3 Å². The van der Waals surface area contributed by atoms with Gasteiger partial charge in [-0.05, 0) is 57.0 Å². The van der Waals surface area contributed by atoms with Crippen molar-refractivity contribution in [3.63, 3.8) is 0 Å². The molecule has 1 aliphatic rings. The molecule has 0 bridgehead atoms. The van der Waals surface area contributed by atoms with Gasteiger partial charge in [0, 0.05) is 24.2 Å². The topological polar surface area (TPSA) is 35.5 Å². The molecule has 1 saturated heterocycles. The fraction of sp³-hybridized carbons (Fsp3) is 0.625. The summed E-state index contributed by atoms with van der Waals surface area (Å²) in [5.74, 6) is 0. The molecule has 0 aromatic heterocycles. The maximum Gasteiger partial charge on any atom is 0.0791 e. The Morgan fingerprint density at radius 1 is 1.25 bits per heavy atom. The number of nitrogens with zero attached hydrogens (tertiary/aromatic N) is 1. The first kappa shape index (κ1) is 15.8. The van der Waals surface area contributed by atoms with E-state index in [0.29, 0.717) is 12.6 Å². The molecule has 2 unspecified atom stereocenters. The Labute approximate surface area is 126 Å². The first-order valence-corrected chi connectivity index (χ1v) is 7.89. The predicted molar refractivity (Wildman–Crippen MR) is 84.3 cm³/mol. The summed E-state index contributed by atoms with van der Waals surface area (Å²) in [5.41, 5.74) is 1.27. The smallest absolute Gasteiger partial charge is 0.0791 e. The fourth-order valence-corrected chi connectivity index (χ4v) is 2.84. The molecule has 2 rings (SSSR count). The van der Waals surface area contributed by atoms with Crippen LogP contribution < -0.4 is 5.32 Å². The zero-order chi connectivity index (χ0) is 14.4. The van der Waals surface area contributed by atoms with E-state index >= 15 is 0 Å². The highest BCUT2D eigenvalue weighted by Gasteiger charge is 2.16. The minimum atomic E-state index is -0.277. The van der Waals surface area contributed by atoms with Gasteiger partial charge in [-0.1, -0.05) is 23.7 Å². The third-order valence-electron chi connectivity index (χ3n) is 3.82. The molecule has 112 valence electrons. The standard InChI is InChI=1S/C16H25ClN2O/c1-13(10-14-4-6-15(17)7-5-14)18-11-16(20)12-19-8-2-3-9-19/h4-7,13,16,18,20H,2-3,8-12H2,1H3. The van der Waals surface area contributed by atoms with Gasteiger partial charge in [-0.15, -0.1) is 0 Å². The minimum absolute atomic E-state index is 0.277. The molecule has 2 N–H and O–H groups in total. The number of β-amino-alcohol motifs (C(OH)–C–C–N with tert-alkyl or cyclic N) is 1. The van der Waals surface area contributed by atoms with Gasteiger partial charge in [-0.2, -0.15) is 0 Å². The van der Waals surface area contributed by atoms with Crippen molar-refractivity contribution in [2.45, 2.75) is 38.3 Å². The quantitative estimate of drug-likeness (QED) is 0.810. The molecule has 2 atom stereocenters. The van der Waals surface area contributed by atoms with Crippen LogP contribution in [0.25, 0.3) is 0 Å². The maximum absolute atomic E-state index is 10.0. The number of nitrogens with one attached hydrogen (secondary N) is 1. The van der Waals surface area contributed by atoms with Crippen molar-refractivity contribution in [2.75, 3.05) is 26.2 Å². The molecule has 1 fully saturated rings. The number of likely N-dealkylation sites (tertiary alicyclic amines) is 1. The van der Waals surface area contributed by atoms with Crippen molar-refractivity contribution in [3.05, 3.63) is 34.9 Å². The largest absolute Gasteiger partial charge is 0.390 e. The molecular weight excluding hydrogens is 272 g/mol. The van der Waals surface area contributed by atoms with E-state index in [4.69, 9.17) is 11.6 Å². The van der Waals surface area contributed by atoms with Crippen LogP contribution in [0.15, 0.2) is 24.3 Å². The Balaban J connectivity index is 1.66. The highest BCUT2D eigenvalue weighted by atomic mass is 35.5. The van der Waals surface area contributed by atoms with E-state index in [9.17, 15) is 5.11 Å². The maximum atomic E-state index is 10.0. The van der Waals surface area contributed by atoms with E-state index in [2.05, 4.69) is 29.3 Å². The van der Waals surface area contributed by atoms with Gasteiger partial charge in [0.05, 0.1) is 6.10 Å². The number of aliphatic hydroxyl groups is 1. The van der Waals surface area contributed by atoms with Crippen molar-refractivity contribution in [1.82, 2.24) is 10.2 Å². The Bertz CT molecular complexity index is 390. The van der Waals surface area contributed by atoms with Crippen LogP contribution in [0.5, 0.6) is 0 Å². The van der Waals surface area contributed by atoms with Gasteiger partial charge in [0.25, 0.3) is 0 Å². The molecule has 1 aromatic carbocycles. The van der Waals surface area contributed by atoms with Gasteiger partial charge in [0.15, 0.2) is 0 Å². The van der Waals surface area contributed by atoms with Gasteiger partial charge in [0.2, 0.25) is 0 Å². The Kier molecular flexibility index (Phi) is 6.30. The van der Waals surface area contributed by atoms with Crippen LogP contribution in [0, 0.1) is 0 Å². The monoisotopic (exact) mass is 296 g/mol. The average molecular weight is 297 g/mol. The molecule has 0 spiro atoms. The number of halogens is 1. The van der Waals surface area contributed by atoms with Crippen LogP contribution in [-0.2, 0) is 6.42 Å². The van der Waals surface area contributed by atoms with E-state index in [1.807, 2.05) is 12.1 Å². The van der Waals surface area contributed by atoms with Crippen LogP contribution in [0.3, 0.4) is 0 Å². The highest BCUT2D eigenvalue weighted by Crippen LogP contribution is 2.11. The average Bonchev–Trinajstić information content (AvgIpc) is 2.92. The predicted octanol–water partition coefficient (Wildman–Crippen LogP) is 2.32. The van der Waals surface area contributed by atoms with Crippen molar-refractivity contribution < 1.29 is 5.11 Å². The molecule has 1 heterocycles. The van der Waals surface area contributed by atoms with E-state index in [1.54, 1.807) is 0 Å². The molecular formula is C16H25ClN2O. The molecule has 0 saturated carbocycles. The molecule has 1 aromatic rings. The third-order valence-corrected chi connectivity index (χ3v) is 4.08. The Hall–Kier alpha value is -0.610. The van der Waals surface area contributed by atoms with E-state index < -0.39 is 0 Å². The zero-order valence-electron chi connectivity index (χ0n) is 12.2. The van der Waals surface area contributed by atoms with Crippen LogP contribution in [0.4, 0.5) is 0 Å². The zero-order valence-corrected chi connectivity index (χ0v) is 12.9. The second kappa shape index (κ2) is 7.99. The lowest BCUT2D eigenvalue weighted by Gasteiger charge is -2.21. The summed E-state index contributed by atoms with van der Waals surface area (Å²) in [7, 11) is 0. The summed E-state index contributed by atoms with van der Waals surface area (Å²) in [4.78, 5) is 2.34. The summed E-state index contributed by atoms with van der Waals surface area (Å²) in [6, 6.07) is 8.31. The van der Waals surface area contributed by atoms with Gasteiger partial charge in [-0.3, -0.25) is 0 Å². The molecule has 0 radical (unpaired) electrons. The second-order valence-electron chi connectivity index (χ2n) is 5.80. The summed E-state index contributed by atoms with van der Waals surface area (Å²) < 4.78 is 0. The second-order valence-corrected chi connectivity index (χ2v) is 6.24. The number of aliphatic hydroxyl groups excluding tert-OH is 1. The first-order chi connectivity index (χ1) is 9.63. The van der Waals surface area contributed by atoms with Crippen molar-refractivity contribution in [3.8, 4) is 0 Å². The Morgan fingerprint density at radius 3 is 2.55 bits per heavy atom. The van der Waals surface area contributed by atoms with E-state index in [0.717, 1.165) is 31.1 Å². The third kappa shape index (κ3) is 5.41. The lowest BCUT2D eigenvalue weighted by molar-refractivity contribution is 0.121. The van der Waals surface area contributed by atoms with Crippen LogP contribution in [0.2, 0.25) is 5.02 Å². The van der Waals surface area contributed by atoms with E-state index in [-0.39, 0.29) is 6.10 Å². The van der Waals surface area contributed by atoms with Gasteiger partial charge >= 0.3 is 0 Å². The number of benzene rings is 1. The van der Waals surface area contributed by atoms with E-state index in [1.165, 1.54) is 18.4 Å². The van der Waals surface area contributed by atoms with Crippen molar-refractivity contribution >= 4 is 11.6 Å². The Morgan fingerprint density at radius 2 is 1.90 bits per heavy atom. The van der Waals surface area contributed by atoms with Crippen molar-refractivity contribution in [2.24, 2.45) is 0 Å². The summed E-state index contributed by atoms with van der Waals surface area (Å²) in [6.07, 6.45) is 3.22. The van der Waals surface area contributed by atoms with Gasteiger partial charge in [0.1, 0.15) is 0 Å². The van der Waals surface area contributed by atoms with Crippen molar-refractivity contribution in [1.29, 1.82) is 0 Å². The van der Waals surface area contributed by atoms with Gasteiger partial charge in [-0.25, -0.2) is 0 Å². The highest BCUT2D eigenvalue weighted by molar-refractivity contribution is 6.30. The molecule has 0 aliphatic carbocycles. The molecule has 1 aliphatic heterocycles. The first-order valence-electron chi connectivity index (χ1n) is 7.52. The SMILES string of the molecule is CC(Cc1ccc(Cl)cc1)NCC(O)CN1CCCC1. The van der Waals surface area contributed by atoms with Gasteiger partial charge < -0.3 is 15.3 Å². The summed E-state index contributed by atoms with van der Waals surface area (Å²) in [6.45, 7) is 5.87. The molecule has 3 nitrogen and oxygen atoms in total. The number of hydrogen-bond donors (Lipinski definition) is 2. The number of rotatable bonds is 7. The summed E-state index contributed by atoms with van der Waals surface area (Å²) >= 11 is 5.88. The minimum Gasteiger partial charge on any atom is -0.390 e. The molecule has 0 amide bonds. The normalized spacial score (nSPS) is 19.1. The van der Waals surface area contributed by atoms with Crippen LogP contribution >= 0.6 is 11.6 Å². The summed E-state index contributed by atoms with van der Waals surface area (Å²) in [5, 5.41) is 14.2. The van der Waals surface area contributed by atoms with Crippen LogP contribution in [0.1, 0.15) is 25.3 Å². The number of hydrogen-bond acceptors (Lipinski definition) is 3. The molecule has 4 heteroatoms. The lowest BCUT2D eigenvalue weighted by Crippen LogP contribution is -2.40. The lowest BCUT2D eigenvalue weighted by atomic mass is 10.1. The fourth-order valence-electron chi connectivity index (χ4n) is 2.71. The molecule has 20 heavy (non-hydrogen) atoms.